The molecular weight excluding hydrogens is 300 g/mol. The Kier molecular flexibility index (Phi) is 5.67. The van der Waals surface area contributed by atoms with Crippen molar-refractivity contribution in [2.24, 2.45) is 0 Å². The number of benzene rings is 1. The number of rotatable bonds is 8. The zero-order valence-corrected chi connectivity index (χ0v) is 12.7. The third kappa shape index (κ3) is 4.53. The second-order valence-corrected chi connectivity index (χ2v) is 4.74. The van der Waals surface area contributed by atoms with Crippen LogP contribution in [0.2, 0.25) is 0 Å². The maximum absolute atomic E-state index is 11.9. The number of aromatic nitrogens is 3. The van der Waals surface area contributed by atoms with Crippen molar-refractivity contribution < 1.29 is 19.4 Å². The molecule has 2 rings (SSSR count). The quantitative estimate of drug-likeness (QED) is 0.710. The van der Waals surface area contributed by atoms with Crippen LogP contribution in [0, 0.1) is 0 Å². The molecule has 0 spiro atoms. The molecule has 0 atom stereocenters. The monoisotopic (exact) mass is 318 g/mol. The molecule has 0 saturated carbocycles. The summed E-state index contributed by atoms with van der Waals surface area (Å²) in [5.41, 5.74) is 0.698. The lowest BCUT2D eigenvalue weighted by Crippen LogP contribution is -2.30. The minimum Gasteiger partial charge on any atom is -0.480 e. The van der Waals surface area contributed by atoms with Crippen molar-refractivity contribution in [3.8, 4) is 11.7 Å². The van der Waals surface area contributed by atoms with E-state index in [4.69, 9.17) is 9.84 Å². The van der Waals surface area contributed by atoms with E-state index in [1.807, 2.05) is 25.1 Å². The Morgan fingerprint density at radius 3 is 2.70 bits per heavy atom. The maximum Gasteiger partial charge on any atom is 0.322 e. The molecule has 0 aliphatic heterocycles. The Morgan fingerprint density at radius 2 is 2.04 bits per heavy atom. The average molecular weight is 318 g/mol. The Hall–Kier alpha value is -2.90. The molecule has 0 aliphatic carbocycles. The number of nitrogens with zero attached hydrogens (tertiary/aromatic N) is 3. The third-order valence-corrected chi connectivity index (χ3v) is 2.91. The summed E-state index contributed by atoms with van der Waals surface area (Å²) in [6.45, 7) is 2.00. The number of hydrogen-bond acceptors (Lipinski definition) is 5. The summed E-state index contributed by atoms with van der Waals surface area (Å²) >= 11 is 0. The van der Waals surface area contributed by atoms with Crippen LogP contribution in [0.15, 0.2) is 30.3 Å². The first-order chi connectivity index (χ1) is 11.1. The van der Waals surface area contributed by atoms with E-state index in [1.165, 1.54) is 4.68 Å². The molecule has 8 heteroatoms. The Bertz CT molecular complexity index is 669. The van der Waals surface area contributed by atoms with Gasteiger partial charge in [0.1, 0.15) is 6.54 Å². The maximum atomic E-state index is 11.9. The molecule has 23 heavy (non-hydrogen) atoms. The number of amides is 1. The highest BCUT2D eigenvalue weighted by Crippen LogP contribution is 2.16. The Balaban J connectivity index is 2.24. The van der Waals surface area contributed by atoms with Gasteiger partial charge in [0.05, 0.1) is 12.3 Å². The van der Waals surface area contributed by atoms with Crippen LogP contribution in [-0.2, 0) is 4.79 Å². The van der Waals surface area contributed by atoms with Gasteiger partial charge in [-0.25, -0.2) is 0 Å². The number of hydrogen-bond donors (Lipinski definition) is 2. The molecule has 2 N–H and O–H groups in total. The molecule has 0 aliphatic rings. The third-order valence-electron chi connectivity index (χ3n) is 2.91. The van der Waals surface area contributed by atoms with Crippen LogP contribution in [0.4, 0.5) is 0 Å². The van der Waals surface area contributed by atoms with E-state index in [0.29, 0.717) is 12.3 Å². The molecule has 0 unspecified atom stereocenters. The highest BCUT2D eigenvalue weighted by atomic mass is 16.5. The highest BCUT2D eigenvalue weighted by molar-refractivity contribution is 5.92. The number of carbonyl (C=O) groups excluding carboxylic acids is 1. The number of carboxylic acid groups (broad SMARTS) is 1. The smallest absolute Gasteiger partial charge is 0.322 e. The Labute approximate surface area is 133 Å². The van der Waals surface area contributed by atoms with Gasteiger partial charge in [-0.05, 0) is 18.6 Å². The number of carbonyl (C=O) groups is 2. The van der Waals surface area contributed by atoms with Crippen molar-refractivity contribution in [3.05, 3.63) is 36.2 Å². The summed E-state index contributed by atoms with van der Waals surface area (Å²) in [4.78, 5) is 26.5. The second kappa shape index (κ2) is 7.92. The molecule has 1 aromatic heterocycles. The van der Waals surface area contributed by atoms with Gasteiger partial charge in [-0.1, -0.05) is 31.5 Å². The van der Waals surface area contributed by atoms with Gasteiger partial charge in [0.25, 0.3) is 5.91 Å². The number of ether oxygens (including phenoxy) is 1. The fraction of sp³-hybridized carbons (Fsp3) is 0.333. The minimum atomic E-state index is -1.14. The lowest BCUT2D eigenvalue weighted by Gasteiger charge is -2.06. The predicted octanol–water partition coefficient (Wildman–Crippen LogP) is 1.26. The van der Waals surface area contributed by atoms with Crippen molar-refractivity contribution in [1.82, 2.24) is 20.1 Å². The molecule has 8 nitrogen and oxygen atoms in total. The van der Waals surface area contributed by atoms with E-state index in [2.05, 4.69) is 15.4 Å². The summed E-state index contributed by atoms with van der Waals surface area (Å²) < 4.78 is 7.00. The van der Waals surface area contributed by atoms with E-state index in [-0.39, 0.29) is 11.8 Å². The first-order valence-corrected chi connectivity index (χ1v) is 7.27. The van der Waals surface area contributed by atoms with Crippen molar-refractivity contribution in [3.63, 3.8) is 0 Å². The zero-order chi connectivity index (χ0) is 16.7. The number of carboxylic acids is 1. The molecular formula is C15H18N4O4. The van der Waals surface area contributed by atoms with Crippen molar-refractivity contribution in [2.45, 2.75) is 19.8 Å². The summed E-state index contributed by atoms with van der Waals surface area (Å²) in [6, 6.07) is 9.33. The van der Waals surface area contributed by atoms with Crippen LogP contribution in [-0.4, -0.2) is 44.9 Å². The van der Waals surface area contributed by atoms with Gasteiger partial charge >= 0.3 is 12.0 Å². The fourth-order valence-electron chi connectivity index (χ4n) is 1.77. The van der Waals surface area contributed by atoms with Gasteiger partial charge in [0.2, 0.25) is 5.82 Å². The van der Waals surface area contributed by atoms with Crippen LogP contribution in [0.25, 0.3) is 5.69 Å². The van der Waals surface area contributed by atoms with E-state index < -0.39 is 18.4 Å². The predicted molar refractivity (Wildman–Crippen MR) is 81.7 cm³/mol. The van der Waals surface area contributed by atoms with Gasteiger partial charge < -0.3 is 15.2 Å². The molecule has 1 aromatic carbocycles. The van der Waals surface area contributed by atoms with E-state index in [0.717, 1.165) is 12.8 Å². The van der Waals surface area contributed by atoms with Gasteiger partial charge in [0.15, 0.2) is 0 Å². The van der Waals surface area contributed by atoms with Crippen molar-refractivity contribution >= 4 is 11.9 Å². The van der Waals surface area contributed by atoms with Crippen LogP contribution in [0.5, 0.6) is 6.01 Å². The molecule has 1 amide bonds. The summed E-state index contributed by atoms with van der Waals surface area (Å²) in [6.07, 6.45) is 1.81. The number of unbranched alkanes of at least 4 members (excludes halogenated alkanes) is 1. The second-order valence-electron chi connectivity index (χ2n) is 4.74. The number of aliphatic carboxylic acids is 1. The lowest BCUT2D eigenvalue weighted by atomic mass is 10.3. The van der Waals surface area contributed by atoms with Gasteiger partial charge in [-0.2, -0.15) is 9.67 Å². The highest BCUT2D eigenvalue weighted by Gasteiger charge is 2.18. The molecule has 0 radical (unpaired) electrons. The van der Waals surface area contributed by atoms with Crippen LogP contribution >= 0.6 is 0 Å². The molecule has 122 valence electrons. The SMILES string of the molecule is CCCCOc1nc(C(=O)NCC(=O)O)nn1-c1ccccc1. The largest absolute Gasteiger partial charge is 0.480 e. The minimum absolute atomic E-state index is 0.137. The van der Waals surface area contributed by atoms with Crippen molar-refractivity contribution in [1.29, 1.82) is 0 Å². The molecule has 0 saturated heterocycles. The van der Waals surface area contributed by atoms with Gasteiger partial charge in [-0.3, -0.25) is 9.59 Å². The van der Waals surface area contributed by atoms with Gasteiger partial charge in [0, 0.05) is 0 Å². The number of para-hydroxylation sites is 1. The molecule has 0 bridgehead atoms. The normalized spacial score (nSPS) is 10.3. The molecule has 0 fully saturated rings. The first kappa shape index (κ1) is 16.5. The van der Waals surface area contributed by atoms with Crippen LogP contribution in [0.1, 0.15) is 30.4 Å². The summed E-state index contributed by atoms with van der Waals surface area (Å²) in [5, 5.41) is 14.9. The van der Waals surface area contributed by atoms with Gasteiger partial charge in [-0.15, -0.1) is 5.10 Å². The topological polar surface area (TPSA) is 106 Å². The van der Waals surface area contributed by atoms with Crippen LogP contribution < -0.4 is 10.1 Å². The van der Waals surface area contributed by atoms with E-state index in [1.54, 1.807) is 12.1 Å². The van der Waals surface area contributed by atoms with E-state index >= 15 is 0 Å². The van der Waals surface area contributed by atoms with Crippen molar-refractivity contribution in [2.75, 3.05) is 13.2 Å². The molecule has 2 aromatic rings. The lowest BCUT2D eigenvalue weighted by molar-refractivity contribution is -0.135. The Morgan fingerprint density at radius 1 is 1.30 bits per heavy atom. The first-order valence-electron chi connectivity index (χ1n) is 7.27. The average Bonchev–Trinajstić information content (AvgIpc) is 2.98. The zero-order valence-electron chi connectivity index (χ0n) is 12.7. The summed E-state index contributed by atoms with van der Waals surface area (Å²) in [5.74, 6) is -1.94. The standard InChI is InChI=1S/C15H18N4O4/c1-2-3-9-23-15-17-13(14(22)16-10-12(20)21)18-19(15)11-7-5-4-6-8-11/h4-8H,2-3,9-10H2,1H3,(H,16,22)(H,20,21). The summed E-state index contributed by atoms with van der Waals surface area (Å²) in [7, 11) is 0. The van der Waals surface area contributed by atoms with E-state index in [9.17, 15) is 9.59 Å². The fourth-order valence-corrected chi connectivity index (χ4v) is 1.77. The van der Waals surface area contributed by atoms with Crippen LogP contribution in [0.3, 0.4) is 0 Å². The molecule has 1 heterocycles. The number of nitrogens with one attached hydrogen (secondary N) is 1.